The van der Waals surface area contributed by atoms with E-state index in [0.29, 0.717) is 0 Å². The summed E-state index contributed by atoms with van der Waals surface area (Å²) in [6.07, 6.45) is 0. The minimum absolute atomic E-state index is 1.10. The Kier molecular flexibility index (Phi) is 18.8. The molecule has 2 heterocycles. The van der Waals surface area contributed by atoms with Gasteiger partial charge < -0.3 is 18.9 Å². The first-order valence-corrected chi connectivity index (χ1v) is 42.4. The van der Waals surface area contributed by atoms with E-state index in [0.717, 1.165) is 34.1 Å². The molecule has 0 N–H and O–H groups in total. The van der Waals surface area contributed by atoms with Gasteiger partial charge in [0.15, 0.2) is 0 Å². The first kappa shape index (κ1) is 73.3. The molecular weight excluding hydrogens is 1490 g/mol. The van der Waals surface area contributed by atoms with Crippen LogP contribution in [0.15, 0.2) is 479 Å². The summed E-state index contributed by atoms with van der Waals surface area (Å²) < 4.78 is 4.75. The molecule has 2 aromatic heterocycles. The summed E-state index contributed by atoms with van der Waals surface area (Å²) in [5.74, 6) is 0. The maximum Gasteiger partial charge on any atom is 0.0541 e. The van der Waals surface area contributed by atoms with Crippen LogP contribution in [0.4, 0.5) is 34.1 Å². The molecule has 0 aliphatic rings. The highest BCUT2D eigenvalue weighted by Gasteiger charge is 2.23. The van der Waals surface area contributed by atoms with Crippen LogP contribution >= 0.6 is 0 Å². The zero-order valence-electron chi connectivity index (χ0n) is 67.9. The van der Waals surface area contributed by atoms with Crippen molar-refractivity contribution in [1.29, 1.82) is 0 Å². The third-order valence-corrected chi connectivity index (χ3v) is 24.6. The third-order valence-electron chi connectivity index (χ3n) is 24.6. The first-order chi connectivity index (χ1) is 61.0. The number of anilines is 6. The number of fused-ring (bicyclic) bond motifs is 10. The minimum Gasteiger partial charge on any atom is -0.311 e. The molecule has 0 spiro atoms. The van der Waals surface area contributed by atoms with E-state index < -0.39 is 0 Å². The molecule has 0 aliphatic carbocycles. The average molecular weight is 1570 g/mol. The van der Waals surface area contributed by atoms with Crippen LogP contribution in [-0.2, 0) is 0 Å². The second-order valence-electron chi connectivity index (χ2n) is 31.9. The Bertz CT molecular complexity index is 7730. The number of hydrogen-bond acceptors (Lipinski definition) is 2. The Morgan fingerprint density at radius 1 is 0.146 bits per heavy atom. The molecule has 23 aromatic rings. The van der Waals surface area contributed by atoms with Gasteiger partial charge in [-0.15, -0.1) is 0 Å². The number of hydrogen-bond donors (Lipinski definition) is 0. The van der Waals surface area contributed by atoms with Gasteiger partial charge in [-0.25, -0.2) is 0 Å². The molecule has 0 unspecified atom stereocenters. The van der Waals surface area contributed by atoms with Gasteiger partial charge >= 0.3 is 0 Å². The van der Waals surface area contributed by atoms with Gasteiger partial charge in [0, 0.05) is 67.0 Å². The van der Waals surface area contributed by atoms with Crippen molar-refractivity contribution in [2.45, 2.75) is 6.92 Å². The maximum absolute atomic E-state index is 2.38. The van der Waals surface area contributed by atoms with Crippen LogP contribution < -0.4 is 9.80 Å². The summed E-state index contributed by atoms with van der Waals surface area (Å²) >= 11 is 0. The lowest BCUT2D eigenvalue weighted by Crippen LogP contribution is -2.09. The highest BCUT2D eigenvalue weighted by atomic mass is 15.1. The first-order valence-electron chi connectivity index (χ1n) is 42.4. The van der Waals surface area contributed by atoms with Gasteiger partial charge in [-0.1, -0.05) is 345 Å². The van der Waals surface area contributed by atoms with Gasteiger partial charge in [0.2, 0.25) is 0 Å². The lowest BCUT2D eigenvalue weighted by atomic mass is 9.86. The maximum atomic E-state index is 2.38. The molecule has 4 nitrogen and oxygen atoms in total. The molecule has 21 aromatic carbocycles. The predicted octanol–water partition coefficient (Wildman–Crippen LogP) is 33.1. The number of benzene rings is 21. The van der Waals surface area contributed by atoms with Crippen LogP contribution in [-0.4, -0.2) is 9.13 Å². The smallest absolute Gasteiger partial charge is 0.0541 e. The molecule has 0 saturated heterocycles. The summed E-state index contributed by atoms with van der Waals surface area (Å²) in [4.78, 5) is 4.69. The van der Waals surface area contributed by atoms with Crippen LogP contribution in [0.3, 0.4) is 0 Å². The second kappa shape index (κ2) is 31.6. The molecule has 4 heteroatoms. The van der Waals surface area contributed by atoms with Crippen molar-refractivity contribution in [3.05, 3.63) is 485 Å². The van der Waals surface area contributed by atoms with E-state index in [1.807, 2.05) is 0 Å². The summed E-state index contributed by atoms with van der Waals surface area (Å²) in [5.41, 5.74) is 32.2. The standard InChI is InChI=1S/C62H42N2.C57H40N2/c1-4-16-46(17-5-1)61-54-23-10-12-25-56(54)62(57-26-13-11-24-55(57)61)47-34-39-52(40-35-47)63(49-18-6-2-7-19-49)51-37-32-44(33-38-51)43-28-30-45(31-29-43)48-36-41-60-58(42-48)53-22-14-15-27-59(53)64(60)50-20-8-3-9-21-50;1-39-25-35-54-52(37-39)53-38-43(30-36-55(53)59(54)45-19-9-4-10-20-45)40-26-31-46(32-27-40)58(44-17-7-3-8-18-44)47-33-28-42(29-34-47)57-50-23-13-11-21-48(50)56(41-15-5-2-6-16-41)49-22-12-14-24-51(49)57/h1-42H;2-38H,1H3. The van der Waals surface area contributed by atoms with Gasteiger partial charge in [-0.3, -0.25) is 0 Å². The van der Waals surface area contributed by atoms with Crippen molar-refractivity contribution < 1.29 is 0 Å². The quantitative estimate of drug-likeness (QED) is 0.0951. The van der Waals surface area contributed by atoms with Gasteiger partial charge in [-0.05, 0) is 267 Å². The fourth-order valence-electron chi connectivity index (χ4n) is 19.0. The molecule has 0 fully saturated rings. The lowest BCUT2D eigenvalue weighted by molar-refractivity contribution is 1.18. The van der Waals surface area contributed by atoms with Crippen LogP contribution in [0.25, 0.3) is 176 Å². The molecule has 0 radical (unpaired) electrons. The van der Waals surface area contributed by atoms with E-state index in [4.69, 9.17) is 0 Å². The van der Waals surface area contributed by atoms with Crippen molar-refractivity contribution in [1.82, 2.24) is 9.13 Å². The number of rotatable bonds is 15. The zero-order chi connectivity index (χ0) is 81.7. The molecule has 0 amide bonds. The zero-order valence-corrected chi connectivity index (χ0v) is 67.9. The highest BCUT2D eigenvalue weighted by Crippen LogP contribution is 2.49. The van der Waals surface area contributed by atoms with Crippen LogP contribution in [0.2, 0.25) is 0 Å². The number of nitrogens with zero attached hydrogens (tertiary/aromatic N) is 4. The molecule has 578 valence electrons. The molecule has 123 heavy (non-hydrogen) atoms. The second-order valence-corrected chi connectivity index (χ2v) is 31.9. The summed E-state index contributed by atoms with van der Waals surface area (Å²) in [6, 6.07) is 174. The van der Waals surface area contributed by atoms with E-state index in [1.54, 1.807) is 0 Å². The van der Waals surface area contributed by atoms with Crippen molar-refractivity contribution in [3.63, 3.8) is 0 Å². The Balaban J connectivity index is 0.000000147. The normalized spacial score (nSPS) is 11.5. The molecule has 0 bridgehead atoms. The number of para-hydroxylation sites is 5. The molecule has 0 saturated carbocycles. The molecule has 0 atom stereocenters. The van der Waals surface area contributed by atoms with E-state index >= 15 is 0 Å². The Hall–Kier alpha value is -16.1. The highest BCUT2D eigenvalue weighted by molar-refractivity contribution is 6.23. The fraction of sp³-hybridized carbons (Fsp3) is 0.00840. The summed E-state index contributed by atoms with van der Waals surface area (Å²) in [7, 11) is 0. The van der Waals surface area contributed by atoms with E-state index in [1.165, 1.54) is 182 Å². The Labute approximate surface area is 715 Å². The Morgan fingerprint density at radius 3 is 0.691 bits per heavy atom. The number of aryl methyl sites for hydroxylation is 1. The van der Waals surface area contributed by atoms with E-state index in [9.17, 15) is 0 Å². The van der Waals surface area contributed by atoms with Gasteiger partial charge in [-0.2, -0.15) is 0 Å². The largest absolute Gasteiger partial charge is 0.311 e. The van der Waals surface area contributed by atoms with Crippen molar-refractivity contribution in [3.8, 4) is 89.3 Å². The van der Waals surface area contributed by atoms with E-state index in [-0.39, 0.29) is 0 Å². The third kappa shape index (κ3) is 13.4. The van der Waals surface area contributed by atoms with Crippen LogP contribution in [0.5, 0.6) is 0 Å². The summed E-state index contributed by atoms with van der Waals surface area (Å²) in [5, 5.41) is 15.1. The molecule has 23 rings (SSSR count). The van der Waals surface area contributed by atoms with Crippen molar-refractivity contribution >= 4 is 121 Å². The van der Waals surface area contributed by atoms with Crippen molar-refractivity contribution in [2.75, 3.05) is 9.80 Å². The lowest BCUT2D eigenvalue weighted by Gasteiger charge is -2.26. The fourth-order valence-corrected chi connectivity index (χ4v) is 19.0. The molecule has 0 aliphatic heterocycles. The topological polar surface area (TPSA) is 16.3 Å². The SMILES string of the molecule is Cc1ccc2c(c1)c1cc(-c3ccc(N(c4ccccc4)c4ccc(-c5c6ccccc6c(-c6ccccc6)c6ccccc56)cc4)cc3)ccc1n2-c1ccccc1.c1ccc(-c2c3ccccc3c(-c3ccc(N(c4ccccc4)c4ccc(-c5ccc(-c6ccc7c(c6)c6ccccc6n7-c6ccccc6)cc5)cc4)cc3)c3ccccc23)cc1. The van der Waals surface area contributed by atoms with Crippen LogP contribution in [0, 0.1) is 6.92 Å². The van der Waals surface area contributed by atoms with Gasteiger partial charge in [0.05, 0.1) is 22.1 Å². The van der Waals surface area contributed by atoms with E-state index in [2.05, 4.69) is 505 Å². The molecular formula is C119H82N4. The summed E-state index contributed by atoms with van der Waals surface area (Å²) in [6.45, 7) is 2.17. The average Bonchev–Trinajstić information content (AvgIpc) is 1.06. The van der Waals surface area contributed by atoms with Gasteiger partial charge in [0.25, 0.3) is 0 Å². The van der Waals surface area contributed by atoms with Crippen LogP contribution in [0.1, 0.15) is 5.56 Å². The van der Waals surface area contributed by atoms with Gasteiger partial charge in [0.1, 0.15) is 0 Å². The minimum atomic E-state index is 1.10. The van der Waals surface area contributed by atoms with Crippen molar-refractivity contribution in [2.24, 2.45) is 0 Å². The monoisotopic (exact) mass is 1570 g/mol. The number of aromatic nitrogens is 2. The Morgan fingerprint density at radius 2 is 0.358 bits per heavy atom. The predicted molar refractivity (Wildman–Crippen MR) is 524 cm³/mol.